The van der Waals surface area contributed by atoms with Crippen molar-refractivity contribution in [3.63, 3.8) is 0 Å². The van der Waals surface area contributed by atoms with Crippen LogP contribution in [0.2, 0.25) is 0 Å². The summed E-state index contributed by atoms with van der Waals surface area (Å²) in [6.45, 7) is 4.78. The zero-order valence-corrected chi connectivity index (χ0v) is 13.9. The van der Waals surface area contributed by atoms with Gasteiger partial charge in [-0.2, -0.15) is 4.39 Å². The van der Waals surface area contributed by atoms with Crippen molar-refractivity contribution in [3.8, 4) is 5.75 Å². The van der Waals surface area contributed by atoms with E-state index >= 15 is 0 Å². The molecular weight excluding hydrogens is 307 g/mol. The Labute approximate surface area is 142 Å². The molecule has 0 spiro atoms. The van der Waals surface area contributed by atoms with Crippen molar-refractivity contribution in [1.29, 1.82) is 0 Å². The SMILES string of the molecule is CCOc1ccc(C2(CNc3cccc(F)n3)CCOCC2)cc1. The van der Waals surface area contributed by atoms with Crippen LogP contribution in [0.5, 0.6) is 5.75 Å². The Kier molecular flexibility index (Phi) is 5.30. The minimum atomic E-state index is -0.470. The van der Waals surface area contributed by atoms with Gasteiger partial charge >= 0.3 is 0 Å². The largest absolute Gasteiger partial charge is 0.494 e. The van der Waals surface area contributed by atoms with E-state index in [1.165, 1.54) is 11.6 Å². The van der Waals surface area contributed by atoms with Crippen molar-refractivity contribution < 1.29 is 13.9 Å². The lowest BCUT2D eigenvalue weighted by Gasteiger charge is -2.38. The predicted molar refractivity (Wildman–Crippen MR) is 92.0 cm³/mol. The fraction of sp³-hybridized carbons (Fsp3) is 0.421. The molecule has 0 amide bonds. The molecule has 1 aliphatic heterocycles. The fourth-order valence-corrected chi connectivity index (χ4v) is 3.17. The molecule has 4 nitrogen and oxygen atoms in total. The van der Waals surface area contributed by atoms with Crippen molar-refractivity contribution in [2.24, 2.45) is 0 Å². The molecule has 1 fully saturated rings. The molecule has 24 heavy (non-hydrogen) atoms. The Balaban J connectivity index is 1.79. The highest BCUT2D eigenvalue weighted by Crippen LogP contribution is 2.36. The Hall–Kier alpha value is -2.14. The third kappa shape index (κ3) is 3.85. The van der Waals surface area contributed by atoms with Gasteiger partial charge in [0.25, 0.3) is 0 Å². The molecule has 3 rings (SSSR count). The Morgan fingerprint density at radius 3 is 2.58 bits per heavy atom. The zero-order valence-electron chi connectivity index (χ0n) is 13.9. The molecule has 0 atom stereocenters. The quantitative estimate of drug-likeness (QED) is 0.819. The van der Waals surface area contributed by atoms with Gasteiger partial charge in [0.15, 0.2) is 0 Å². The molecule has 0 bridgehead atoms. The summed E-state index contributed by atoms with van der Waals surface area (Å²) in [4.78, 5) is 3.89. The van der Waals surface area contributed by atoms with E-state index in [-0.39, 0.29) is 5.41 Å². The lowest BCUT2D eigenvalue weighted by molar-refractivity contribution is 0.0543. The smallest absolute Gasteiger partial charge is 0.214 e. The van der Waals surface area contributed by atoms with Crippen molar-refractivity contribution in [2.45, 2.75) is 25.2 Å². The van der Waals surface area contributed by atoms with Crippen LogP contribution in [0.3, 0.4) is 0 Å². The molecule has 2 heterocycles. The number of nitrogens with one attached hydrogen (secondary N) is 1. The monoisotopic (exact) mass is 330 g/mol. The number of rotatable bonds is 6. The van der Waals surface area contributed by atoms with E-state index < -0.39 is 5.95 Å². The van der Waals surface area contributed by atoms with Gasteiger partial charge in [-0.25, -0.2) is 4.98 Å². The Bertz CT molecular complexity index is 655. The van der Waals surface area contributed by atoms with Crippen LogP contribution in [0.15, 0.2) is 42.5 Å². The number of nitrogens with zero attached hydrogens (tertiary/aromatic N) is 1. The highest BCUT2D eigenvalue weighted by molar-refractivity contribution is 5.38. The molecule has 2 aromatic rings. The van der Waals surface area contributed by atoms with E-state index in [1.807, 2.05) is 19.1 Å². The van der Waals surface area contributed by atoms with Gasteiger partial charge < -0.3 is 14.8 Å². The van der Waals surface area contributed by atoms with Crippen LogP contribution in [-0.4, -0.2) is 31.3 Å². The van der Waals surface area contributed by atoms with Gasteiger partial charge in [-0.15, -0.1) is 0 Å². The predicted octanol–water partition coefficient (Wildman–Crippen LogP) is 3.78. The number of anilines is 1. The third-order valence-corrected chi connectivity index (χ3v) is 4.55. The van der Waals surface area contributed by atoms with Gasteiger partial charge in [-0.3, -0.25) is 0 Å². The van der Waals surface area contributed by atoms with Crippen LogP contribution >= 0.6 is 0 Å². The Morgan fingerprint density at radius 1 is 1.17 bits per heavy atom. The normalized spacial score (nSPS) is 16.6. The number of benzene rings is 1. The first-order valence-corrected chi connectivity index (χ1v) is 8.39. The van der Waals surface area contributed by atoms with E-state index in [4.69, 9.17) is 9.47 Å². The summed E-state index contributed by atoms with van der Waals surface area (Å²) >= 11 is 0. The zero-order chi connectivity index (χ0) is 16.8. The lowest BCUT2D eigenvalue weighted by Crippen LogP contribution is -2.40. The summed E-state index contributed by atoms with van der Waals surface area (Å²) in [5.74, 6) is 0.970. The summed E-state index contributed by atoms with van der Waals surface area (Å²) < 4.78 is 24.4. The number of pyridine rings is 1. The van der Waals surface area contributed by atoms with Crippen LogP contribution in [0.1, 0.15) is 25.3 Å². The highest BCUT2D eigenvalue weighted by Gasteiger charge is 2.34. The minimum Gasteiger partial charge on any atom is -0.494 e. The molecule has 1 aromatic heterocycles. The van der Waals surface area contributed by atoms with Crippen LogP contribution in [-0.2, 0) is 10.2 Å². The van der Waals surface area contributed by atoms with E-state index in [1.54, 1.807) is 12.1 Å². The first-order chi connectivity index (χ1) is 11.7. The molecule has 0 radical (unpaired) electrons. The number of ether oxygens (including phenoxy) is 2. The summed E-state index contributed by atoms with van der Waals surface area (Å²) in [5, 5.41) is 3.30. The summed E-state index contributed by atoms with van der Waals surface area (Å²) in [6.07, 6.45) is 1.84. The maximum atomic E-state index is 13.3. The van der Waals surface area contributed by atoms with Gasteiger partial charge in [0.2, 0.25) is 5.95 Å². The first-order valence-electron chi connectivity index (χ1n) is 8.39. The van der Waals surface area contributed by atoms with E-state index in [0.29, 0.717) is 19.0 Å². The molecule has 1 N–H and O–H groups in total. The fourth-order valence-electron chi connectivity index (χ4n) is 3.17. The average molecular weight is 330 g/mol. The average Bonchev–Trinajstić information content (AvgIpc) is 2.62. The van der Waals surface area contributed by atoms with Gasteiger partial charge in [-0.05, 0) is 49.6 Å². The standard InChI is InChI=1S/C19H23FN2O2/c1-2-24-16-8-6-15(7-9-16)19(10-12-23-13-11-19)14-21-18-5-3-4-17(20)22-18/h3-9H,2,10-14H2,1H3,(H,21,22). The molecule has 1 aromatic carbocycles. The summed E-state index contributed by atoms with van der Waals surface area (Å²) in [7, 11) is 0. The second-order valence-electron chi connectivity index (χ2n) is 6.05. The minimum absolute atomic E-state index is 0.0447. The maximum Gasteiger partial charge on any atom is 0.214 e. The van der Waals surface area contributed by atoms with Crippen LogP contribution < -0.4 is 10.1 Å². The van der Waals surface area contributed by atoms with Crippen molar-refractivity contribution in [2.75, 3.05) is 31.7 Å². The Morgan fingerprint density at radius 2 is 1.92 bits per heavy atom. The maximum absolute atomic E-state index is 13.3. The highest BCUT2D eigenvalue weighted by atomic mass is 19.1. The van der Waals surface area contributed by atoms with Crippen LogP contribution in [0, 0.1) is 5.95 Å². The molecule has 0 unspecified atom stereocenters. The summed E-state index contributed by atoms with van der Waals surface area (Å²) in [5.41, 5.74) is 1.20. The molecule has 5 heteroatoms. The van der Waals surface area contributed by atoms with Gasteiger partial charge in [0, 0.05) is 25.2 Å². The van der Waals surface area contributed by atoms with E-state index in [9.17, 15) is 4.39 Å². The lowest BCUT2D eigenvalue weighted by atomic mass is 9.74. The van der Waals surface area contributed by atoms with Gasteiger partial charge in [-0.1, -0.05) is 18.2 Å². The molecule has 1 aliphatic rings. The molecular formula is C19H23FN2O2. The van der Waals surface area contributed by atoms with Crippen molar-refractivity contribution in [3.05, 3.63) is 54.0 Å². The molecule has 128 valence electrons. The number of aromatic nitrogens is 1. The number of hydrogen-bond acceptors (Lipinski definition) is 4. The molecule has 1 saturated heterocycles. The molecule has 0 saturated carbocycles. The first kappa shape index (κ1) is 16.7. The van der Waals surface area contributed by atoms with Gasteiger partial charge in [0.1, 0.15) is 11.6 Å². The molecule has 0 aliphatic carbocycles. The third-order valence-electron chi connectivity index (χ3n) is 4.55. The number of halogens is 1. The van der Waals surface area contributed by atoms with E-state index in [0.717, 1.165) is 31.8 Å². The van der Waals surface area contributed by atoms with E-state index in [2.05, 4.69) is 22.4 Å². The second kappa shape index (κ2) is 7.62. The second-order valence-corrected chi connectivity index (χ2v) is 6.05. The van der Waals surface area contributed by atoms with Crippen LogP contribution in [0.25, 0.3) is 0 Å². The summed E-state index contributed by atoms with van der Waals surface area (Å²) in [6, 6.07) is 13.1. The number of hydrogen-bond donors (Lipinski definition) is 1. The van der Waals surface area contributed by atoms with Crippen molar-refractivity contribution in [1.82, 2.24) is 4.98 Å². The van der Waals surface area contributed by atoms with Gasteiger partial charge in [0.05, 0.1) is 6.61 Å². The topological polar surface area (TPSA) is 43.4 Å². The van der Waals surface area contributed by atoms with Crippen LogP contribution in [0.4, 0.5) is 10.2 Å². The van der Waals surface area contributed by atoms with Crippen molar-refractivity contribution >= 4 is 5.82 Å².